The van der Waals surface area contributed by atoms with Gasteiger partial charge in [0.2, 0.25) is 0 Å². The van der Waals surface area contributed by atoms with Crippen LogP contribution in [0.2, 0.25) is 0 Å². The highest BCUT2D eigenvalue weighted by Gasteiger charge is 2.02. The zero-order valence-electron chi connectivity index (χ0n) is 8.45. The van der Waals surface area contributed by atoms with E-state index in [4.69, 9.17) is 0 Å². The molecule has 0 fully saturated rings. The highest BCUT2D eigenvalue weighted by atomic mass is 16.2. The Bertz CT molecular complexity index is 488. The molecule has 15 heavy (non-hydrogen) atoms. The van der Waals surface area contributed by atoms with E-state index in [1.165, 1.54) is 0 Å². The number of amides is 2. The van der Waals surface area contributed by atoms with Crippen molar-refractivity contribution in [2.75, 3.05) is 12.4 Å². The number of carbonyl (C=O) groups excluding carboxylic acids is 1. The van der Waals surface area contributed by atoms with Gasteiger partial charge in [0.1, 0.15) is 0 Å². The van der Waals surface area contributed by atoms with E-state index < -0.39 is 0 Å². The van der Waals surface area contributed by atoms with Gasteiger partial charge in [0.05, 0.1) is 5.69 Å². The average molecular weight is 200 g/mol. The Hall–Kier alpha value is -2.03. The van der Waals surface area contributed by atoms with Gasteiger partial charge in [0.15, 0.2) is 0 Å². The van der Waals surface area contributed by atoms with Crippen LogP contribution in [0.5, 0.6) is 0 Å². The number of anilines is 1. The predicted molar refractivity (Wildman–Crippen MR) is 62.0 cm³/mol. The molecule has 0 unspecified atom stereocenters. The molecular formula is C12H12N2O. The van der Waals surface area contributed by atoms with Crippen molar-refractivity contribution in [3.05, 3.63) is 42.5 Å². The van der Waals surface area contributed by atoms with Crippen LogP contribution in [0.4, 0.5) is 10.5 Å². The summed E-state index contributed by atoms with van der Waals surface area (Å²) < 4.78 is 0. The SMILES string of the molecule is CNC(=O)Nc1cccc2ccccc12. The Morgan fingerprint density at radius 1 is 1.07 bits per heavy atom. The predicted octanol–water partition coefficient (Wildman–Crippen LogP) is 2.59. The Balaban J connectivity index is 2.46. The van der Waals surface area contributed by atoms with Crippen LogP contribution in [-0.2, 0) is 0 Å². The summed E-state index contributed by atoms with van der Waals surface area (Å²) in [6.45, 7) is 0. The van der Waals surface area contributed by atoms with Gasteiger partial charge in [-0.25, -0.2) is 4.79 Å². The van der Waals surface area contributed by atoms with Gasteiger partial charge in [-0.3, -0.25) is 0 Å². The van der Waals surface area contributed by atoms with Gasteiger partial charge in [0, 0.05) is 12.4 Å². The molecule has 0 spiro atoms. The van der Waals surface area contributed by atoms with Crippen LogP contribution in [0.25, 0.3) is 10.8 Å². The van der Waals surface area contributed by atoms with Crippen LogP contribution in [0.15, 0.2) is 42.5 Å². The minimum atomic E-state index is -0.202. The van der Waals surface area contributed by atoms with Crippen molar-refractivity contribution in [1.29, 1.82) is 0 Å². The van der Waals surface area contributed by atoms with Gasteiger partial charge in [-0.15, -0.1) is 0 Å². The fraction of sp³-hybridized carbons (Fsp3) is 0.0833. The molecule has 0 atom stereocenters. The van der Waals surface area contributed by atoms with Crippen LogP contribution in [0, 0.1) is 0 Å². The summed E-state index contributed by atoms with van der Waals surface area (Å²) in [5.41, 5.74) is 0.826. The van der Waals surface area contributed by atoms with Crippen LogP contribution < -0.4 is 10.6 Å². The molecule has 2 aromatic rings. The van der Waals surface area contributed by atoms with Crippen molar-refractivity contribution in [3.8, 4) is 0 Å². The monoisotopic (exact) mass is 200 g/mol. The normalized spacial score (nSPS) is 9.93. The first kappa shape index (κ1) is 9.52. The molecule has 0 aliphatic heterocycles. The third-order valence-corrected chi connectivity index (χ3v) is 2.26. The van der Waals surface area contributed by atoms with Crippen LogP contribution in [-0.4, -0.2) is 13.1 Å². The fourth-order valence-corrected chi connectivity index (χ4v) is 1.52. The molecule has 0 bridgehead atoms. The maximum atomic E-state index is 11.2. The lowest BCUT2D eigenvalue weighted by atomic mass is 10.1. The van der Waals surface area contributed by atoms with Crippen molar-refractivity contribution in [1.82, 2.24) is 5.32 Å². The first-order valence-corrected chi connectivity index (χ1v) is 4.78. The molecule has 2 amide bonds. The molecule has 0 aromatic heterocycles. The molecule has 0 heterocycles. The summed E-state index contributed by atoms with van der Waals surface area (Å²) in [5.74, 6) is 0. The number of rotatable bonds is 1. The fourth-order valence-electron chi connectivity index (χ4n) is 1.52. The maximum absolute atomic E-state index is 11.2. The van der Waals surface area contributed by atoms with E-state index in [9.17, 15) is 4.79 Å². The minimum absolute atomic E-state index is 0.202. The number of hydrogen-bond donors (Lipinski definition) is 2. The molecule has 0 saturated heterocycles. The smallest absolute Gasteiger partial charge is 0.318 e. The van der Waals surface area contributed by atoms with Crippen LogP contribution >= 0.6 is 0 Å². The Kier molecular flexibility index (Phi) is 2.54. The van der Waals surface area contributed by atoms with E-state index >= 15 is 0 Å². The van der Waals surface area contributed by atoms with E-state index in [1.807, 2.05) is 42.5 Å². The summed E-state index contributed by atoms with van der Waals surface area (Å²) in [5, 5.41) is 7.47. The second-order valence-corrected chi connectivity index (χ2v) is 3.23. The second kappa shape index (κ2) is 4.00. The third-order valence-electron chi connectivity index (χ3n) is 2.26. The molecule has 0 saturated carbocycles. The summed E-state index contributed by atoms with van der Waals surface area (Å²) in [4.78, 5) is 11.2. The molecule has 0 aliphatic rings. The number of urea groups is 1. The molecule has 3 nitrogen and oxygen atoms in total. The van der Waals surface area contributed by atoms with Gasteiger partial charge in [-0.1, -0.05) is 36.4 Å². The Labute approximate surface area is 88.1 Å². The van der Waals surface area contributed by atoms with Gasteiger partial charge < -0.3 is 10.6 Å². The van der Waals surface area contributed by atoms with Gasteiger partial charge >= 0.3 is 6.03 Å². The van der Waals surface area contributed by atoms with E-state index in [0.29, 0.717) is 0 Å². The highest BCUT2D eigenvalue weighted by molar-refractivity contribution is 6.01. The van der Waals surface area contributed by atoms with Crippen molar-refractivity contribution in [3.63, 3.8) is 0 Å². The average Bonchev–Trinajstić information content (AvgIpc) is 2.29. The van der Waals surface area contributed by atoms with Crippen LogP contribution in [0.1, 0.15) is 0 Å². The largest absolute Gasteiger partial charge is 0.341 e. The topological polar surface area (TPSA) is 41.1 Å². The Morgan fingerprint density at radius 2 is 1.80 bits per heavy atom. The summed E-state index contributed by atoms with van der Waals surface area (Å²) in [6, 6.07) is 13.6. The number of benzene rings is 2. The first-order valence-electron chi connectivity index (χ1n) is 4.78. The lowest BCUT2D eigenvalue weighted by Gasteiger charge is -2.07. The summed E-state index contributed by atoms with van der Waals surface area (Å²) >= 11 is 0. The Morgan fingerprint density at radius 3 is 2.60 bits per heavy atom. The maximum Gasteiger partial charge on any atom is 0.318 e. The molecular weight excluding hydrogens is 188 g/mol. The quantitative estimate of drug-likeness (QED) is 0.729. The lowest BCUT2D eigenvalue weighted by molar-refractivity contribution is 0.254. The number of fused-ring (bicyclic) bond motifs is 1. The molecule has 2 rings (SSSR count). The molecule has 0 aliphatic carbocycles. The molecule has 3 heteroatoms. The number of nitrogens with one attached hydrogen (secondary N) is 2. The third kappa shape index (κ3) is 1.91. The zero-order chi connectivity index (χ0) is 10.7. The first-order chi connectivity index (χ1) is 7.31. The van der Waals surface area contributed by atoms with Crippen molar-refractivity contribution >= 4 is 22.5 Å². The highest BCUT2D eigenvalue weighted by Crippen LogP contribution is 2.22. The molecule has 2 aromatic carbocycles. The van der Waals surface area contributed by atoms with Gasteiger partial charge in [0.25, 0.3) is 0 Å². The van der Waals surface area contributed by atoms with E-state index in [0.717, 1.165) is 16.5 Å². The zero-order valence-corrected chi connectivity index (χ0v) is 8.45. The number of carbonyl (C=O) groups is 1. The van der Waals surface area contributed by atoms with Crippen molar-refractivity contribution in [2.45, 2.75) is 0 Å². The molecule has 2 N–H and O–H groups in total. The summed E-state index contributed by atoms with van der Waals surface area (Å²) in [6.07, 6.45) is 0. The van der Waals surface area contributed by atoms with Gasteiger partial charge in [-0.05, 0) is 11.5 Å². The van der Waals surface area contributed by atoms with Crippen molar-refractivity contribution < 1.29 is 4.79 Å². The standard InChI is InChI=1S/C12H12N2O/c1-13-12(15)14-11-8-4-6-9-5-2-3-7-10(9)11/h2-8H,1H3,(H2,13,14,15). The molecule has 76 valence electrons. The van der Waals surface area contributed by atoms with Crippen LogP contribution in [0.3, 0.4) is 0 Å². The van der Waals surface area contributed by atoms with E-state index in [-0.39, 0.29) is 6.03 Å². The van der Waals surface area contributed by atoms with Crippen molar-refractivity contribution in [2.24, 2.45) is 0 Å². The second-order valence-electron chi connectivity index (χ2n) is 3.23. The van der Waals surface area contributed by atoms with Gasteiger partial charge in [-0.2, -0.15) is 0 Å². The lowest BCUT2D eigenvalue weighted by Crippen LogP contribution is -2.24. The summed E-state index contributed by atoms with van der Waals surface area (Å²) in [7, 11) is 1.60. The molecule has 0 radical (unpaired) electrons. The number of hydrogen-bond acceptors (Lipinski definition) is 1. The van der Waals surface area contributed by atoms with E-state index in [2.05, 4.69) is 10.6 Å². The minimum Gasteiger partial charge on any atom is -0.341 e. The van der Waals surface area contributed by atoms with E-state index in [1.54, 1.807) is 7.05 Å².